The van der Waals surface area contributed by atoms with Crippen molar-refractivity contribution >= 4 is 34.7 Å². The van der Waals surface area contributed by atoms with Crippen molar-refractivity contribution in [2.24, 2.45) is 0 Å². The van der Waals surface area contributed by atoms with Gasteiger partial charge in [0.1, 0.15) is 5.01 Å². The van der Waals surface area contributed by atoms with Gasteiger partial charge in [-0.3, -0.25) is 4.79 Å². The van der Waals surface area contributed by atoms with Crippen LogP contribution in [0.2, 0.25) is 0 Å². The molecule has 1 N–H and O–H groups in total. The van der Waals surface area contributed by atoms with Gasteiger partial charge in [0, 0.05) is 22.5 Å². The molecule has 0 atom stereocenters. The highest BCUT2D eigenvalue weighted by Gasteiger charge is 2.39. The van der Waals surface area contributed by atoms with Crippen LogP contribution in [0.3, 0.4) is 0 Å². The van der Waals surface area contributed by atoms with Gasteiger partial charge in [0.05, 0.1) is 16.7 Å². The second-order valence-corrected chi connectivity index (χ2v) is 6.90. The predicted molar refractivity (Wildman–Crippen MR) is 86.3 cm³/mol. The Morgan fingerprint density at radius 2 is 2.19 bits per heavy atom. The van der Waals surface area contributed by atoms with E-state index in [-0.39, 0.29) is 11.4 Å². The Balaban J connectivity index is 1.75. The van der Waals surface area contributed by atoms with Gasteiger partial charge in [0.15, 0.2) is 0 Å². The molecule has 3 rings (SSSR count). The number of thiazole rings is 2. The van der Waals surface area contributed by atoms with Crippen molar-refractivity contribution in [3.8, 4) is 0 Å². The minimum Gasteiger partial charge on any atom is -0.341 e. The summed E-state index contributed by atoms with van der Waals surface area (Å²) < 4.78 is 0. The SMILES string of the molecule is Cc1csc(C2(NC(=O)/C=C/c3cscn3)CCCC2)n1. The zero-order valence-electron chi connectivity index (χ0n) is 11.8. The standard InChI is InChI=1S/C15H17N3OS2/c1-11-8-21-14(17-11)15(6-2-3-7-15)18-13(19)5-4-12-9-20-10-16-12/h4-5,8-10H,2-3,6-7H2,1H3,(H,18,19)/b5-4+. The molecule has 2 aromatic heterocycles. The molecule has 2 heterocycles. The Bertz CT molecular complexity index is 640. The predicted octanol–water partition coefficient (Wildman–Crippen LogP) is 3.51. The highest BCUT2D eigenvalue weighted by atomic mass is 32.1. The first-order valence-corrected chi connectivity index (χ1v) is 8.81. The zero-order chi connectivity index (χ0) is 14.7. The molecular formula is C15H17N3OS2. The summed E-state index contributed by atoms with van der Waals surface area (Å²) >= 11 is 3.16. The summed E-state index contributed by atoms with van der Waals surface area (Å²) in [6.45, 7) is 1.99. The van der Waals surface area contributed by atoms with E-state index < -0.39 is 0 Å². The second kappa shape index (κ2) is 6.07. The third-order valence-corrected chi connectivity index (χ3v) is 5.47. The maximum atomic E-state index is 12.2. The van der Waals surface area contributed by atoms with E-state index >= 15 is 0 Å². The highest BCUT2D eigenvalue weighted by molar-refractivity contribution is 7.09. The number of carbonyl (C=O) groups excluding carboxylic acids is 1. The largest absolute Gasteiger partial charge is 0.341 e. The zero-order valence-corrected chi connectivity index (χ0v) is 13.5. The molecule has 0 unspecified atom stereocenters. The molecule has 0 spiro atoms. The Morgan fingerprint density at radius 3 is 2.81 bits per heavy atom. The van der Waals surface area contributed by atoms with Crippen LogP contribution in [-0.4, -0.2) is 15.9 Å². The fraction of sp³-hybridized carbons (Fsp3) is 0.400. The quantitative estimate of drug-likeness (QED) is 0.878. The van der Waals surface area contributed by atoms with Crippen LogP contribution >= 0.6 is 22.7 Å². The van der Waals surface area contributed by atoms with E-state index in [4.69, 9.17) is 0 Å². The Hall–Kier alpha value is -1.53. The average Bonchev–Trinajstić information content (AvgIpc) is 3.17. The van der Waals surface area contributed by atoms with Gasteiger partial charge in [-0.15, -0.1) is 22.7 Å². The summed E-state index contributed by atoms with van der Waals surface area (Å²) in [6, 6.07) is 0. The number of nitrogens with one attached hydrogen (secondary N) is 1. The molecule has 2 aromatic rings. The van der Waals surface area contributed by atoms with Gasteiger partial charge in [-0.05, 0) is 25.8 Å². The fourth-order valence-corrected chi connectivity index (χ4v) is 4.22. The maximum Gasteiger partial charge on any atom is 0.244 e. The number of amides is 1. The van der Waals surface area contributed by atoms with E-state index in [2.05, 4.69) is 15.3 Å². The lowest BCUT2D eigenvalue weighted by Crippen LogP contribution is -2.43. The maximum absolute atomic E-state index is 12.2. The van der Waals surface area contributed by atoms with Crippen molar-refractivity contribution < 1.29 is 4.79 Å². The van der Waals surface area contributed by atoms with E-state index in [1.807, 2.05) is 17.7 Å². The van der Waals surface area contributed by atoms with Gasteiger partial charge < -0.3 is 5.32 Å². The number of hydrogen-bond donors (Lipinski definition) is 1. The molecule has 0 saturated heterocycles. The Labute approximate surface area is 132 Å². The fourth-order valence-electron chi connectivity index (χ4n) is 2.69. The van der Waals surface area contributed by atoms with Crippen molar-refractivity contribution in [1.82, 2.24) is 15.3 Å². The van der Waals surface area contributed by atoms with E-state index in [0.29, 0.717) is 0 Å². The minimum atomic E-state index is -0.275. The van der Waals surface area contributed by atoms with Crippen molar-refractivity contribution in [1.29, 1.82) is 0 Å². The lowest BCUT2D eigenvalue weighted by atomic mass is 9.98. The summed E-state index contributed by atoms with van der Waals surface area (Å²) in [5, 5.41) is 8.18. The van der Waals surface area contributed by atoms with E-state index in [1.165, 1.54) is 11.3 Å². The third kappa shape index (κ3) is 3.22. The van der Waals surface area contributed by atoms with Crippen molar-refractivity contribution in [2.75, 3.05) is 0 Å². The van der Waals surface area contributed by atoms with Gasteiger partial charge in [-0.2, -0.15) is 0 Å². The number of nitrogens with zero attached hydrogens (tertiary/aromatic N) is 2. The number of carbonyl (C=O) groups is 1. The van der Waals surface area contributed by atoms with Crippen LogP contribution in [0.15, 0.2) is 22.3 Å². The van der Waals surface area contributed by atoms with Crippen LogP contribution in [-0.2, 0) is 10.3 Å². The Morgan fingerprint density at radius 1 is 1.38 bits per heavy atom. The van der Waals surface area contributed by atoms with Crippen LogP contribution in [0.1, 0.15) is 42.1 Å². The highest BCUT2D eigenvalue weighted by Crippen LogP contribution is 2.40. The minimum absolute atomic E-state index is 0.0715. The number of rotatable bonds is 4. The van der Waals surface area contributed by atoms with Crippen LogP contribution in [0.4, 0.5) is 0 Å². The van der Waals surface area contributed by atoms with Crippen LogP contribution < -0.4 is 5.32 Å². The molecule has 0 aliphatic heterocycles. The topological polar surface area (TPSA) is 54.9 Å². The summed E-state index contributed by atoms with van der Waals surface area (Å²) in [5.74, 6) is -0.0715. The number of aryl methyl sites for hydroxylation is 1. The molecule has 1 aliphatic rings. The van der Waals surface area contributed by atoms with E-state index in [9.17, 15) is 4.79 Å². The van der Waals surface area contributed by atoms with Gasteiger partial charge in [0.25, 0.3) is 0 Å². The van der Waals surface area contributed by atoms with Crippen molar-refractivity contribution in [3.63, 3.8) is 0 Å². The molecule has 6 heteroatoms. The number of aromatic nitrogens is 2. The molecule has 1 saturated carbocycles. The van der Waals surface area contributed by atoms with Gasteiger partial charge in [-0.1, -0.05) is 12.8 Å². The molecule has 0 bridgehead atoms. The second-order valence-electron chi connectivity index (χ2n) is 5.32. The molecule has 4 nitrogen and oxygen atoms in total. The molecule has 110 valence electrons. The summed E-state index contributed by atoms with van der Waals surface area (Å²) in [5.41, 5.74) is 3.32. The third-order valence-electron chi connectivity index (χ3n) is 3.70. The smallest absolute Gasteiger partial charge is 0.244 e. The van der Waals surface area contributed by atoms with Gasteiger partial charge in [0.2, 0.25) is 5.91 Å². The summed E-state index contributed by atoms with van der Waals surface area (Å²) in [6.07, 6.45) is 7.52. The molecule has 1 fully saturated rings. The number of hydrogen-bond acceptors (Lipinski definition) is 5. The summed E-state index contributed by atoms with van der Waals surface area (Å²) in [4.78, 5) is 21.0. The van der Waals surface area contributed by atoms with E-state index in [1.54, 1.807) is 29.0 Å². The van der Waals surface area contributed by atoms with Crippen molar-refractivity contribution in [3.05, 3.63) is 38.7 Å². The van der Waals surface area contributed by atoms with Crippen LogP contribution in [0.25, 0.3) is 6.08 Å². The lowest BCUT2D eigenvalue weighted by Gasteiger charge is -2.27. The van der Waals surface area contributed by atoms with E-state index in [0.717, 1.165) is 42.1 Å². The molecule has 21 heavy (non-hydrogen) atoms. The first-order valence-electron chi connectivity index (χ1n) is 6.99. The molecule has 0 radical (unpaired) electrons. The first-order chi connectivity index (χ1) is 10.2. The lowest BCUT2D eigenvalue weighted by molar-refractivity contribution is -0.118. The van der Waals surface area contributed by atoms with Gasteiger partial charge in [-0.25, -0.2) is 9.97 Å². The average molecular weight is 319 g/mol. The van der Waals surface area contributed by atoms with Crippen molar-refractivity contribution in [2.45, 2.75) is 38.1 Å². The molecular weight excluding hydrogens is 302 g/mol. The molecule has 1 amide bonds. The molecule has 1 aliphatic carbocycles. The van der Waals surface area contributed by atoms with Crippen LogP contribution in [0.5, 0.6) is 0 Å². The monoisotopic (exact) mass is 319 g/mol. The molecule has 0 aromatic carbocycles. The van der Waals surface area contributed by atoms with Crippen LogP contribution in [0, 0.1) is 6.92 Å². The van der Waals surface area contributed by atoms with Gasteiger partial charge >= 0.3 is 0 Å². The first kappa shape index (κ1) is 14.4. The summed E-state index contributed by atoms with van der Waals surface area (Å²) in [7, 11) is 0. The Kier molecular flexibility index (Phi) is 4.17. The normalized spacial score (nSPS) is 17.4.